The SMILES string of the molecule is CCO[C@H](C)C1N=C(C)SCN1. The third kappa shape index (κ3) is 2.77. The lowest BCUT2D eigenvalue weighted by Gasteiger charge is -2.25. The summed E-state index contributed by atoms with van der Waals surface area (Å²) >= 11 is 1.74. The van der Waals surface area contributed by atoms with Gasteiger partial charge in [0.25, 0.3) is 0 Å². The van der Waals surface area contributed by atoms with Gasteiger partial charge in [-0.05, 0) is 20.8 Å². The number of nitrogens with zero attached hydrogens (tertiary/aromatic N) is 1. The monoisotopic (exact) mass is 188 g/mol. The van der Waals surface area contributed by atoms with E-state index in [0.29, 0.717) is 0 Å². The fraction of sp³-hybridized carbons (Fsp3) is 0.875. The van der Waals surface area contributed by atoms with Crippen molar-refractivity contribution in [2.75, 3.05) is 12.5 Å². The summed E-state index contributed by atoms with van der Waals surface area (Å²) in [6, 6.07) is 0. The lowest BCUT2D eigenvalue weighted by atomic mass is 10.3. The molecule has 0 saturated carbocycles. The number of thioether (sulfide) groups is 1. The predicted molar refractivity (Wildman–Crippen MR) is 53.6 cm³/mol. The van der Waals surface area contributed by atoms with Crippen LogP contribution in [0.5, 0.6) is 0 Å². The van der Waals surface area contributed by atoms with Gasteiger partial charge in [0, 0.05) is 12.5 Å². The Labute approximate surface area is 78.0 Å². The molecule has 4 heteroatoms. The lowest BCUT2D eigenvalue weighted by molar-refractivity contribution is 0.0512. The van der Waals surface area contributed by atoms with Crippen molar-refractivity contribution in [1.82, 2.24) is 5.32 Å². The summed E-state index contributed by atoms with van der Waals surface area (Å²) in [6.45, 7) is 6.84. The minimum atomic E-state index is 0.145. The zero-order valence-corrected chi connectivity index (χ0v) is 8.65. The van der Waals surface area contributed by atoms with Crippen LogP contribution in [0.1, 0.15) is 20.8 Å². The van der Waals surface area contributed by atoms with E-state index in [-0.39, 0.29) is 12.3 Å². The number of ether oxygens (including phenoxy) is 1. The maximum absolute atomic E-state index is 5.45. The average Bonchev–Trinajstić information content (AvgIpc) is 2.05. The van der Waals surface area contributed by atoms with Crippen molar-refractivity contribution in [2.45, 2.75) is 33.0 Å². The van der Waals surface area contributed by atoms with Gasteiger partial charge in [-0.25, -0.2) is 0 Å². The summed E-state index contributed by atoms with van der Waals surface area (Å²) in [5.41, 5.74) is 0. The van der Waals surface area contributed by atoms with Crippen molar-refractivity contribution in [1.29, 1.82) is 0 Å². The zero-order chi connectivity index (χ0) is 8.97. The molecule has 0 fully saturated rings. The topological polar surface area (TPSA) is 33.6 Å². The van der Waals surface area contributed by atoms with Gasteiger partial charge >= 0.3 is 0 Å². The molecule has 0 spiro atoms. The fourth-order valence-corrected chi connectivity index (χ4v) is 1.79. The van der Waals surface area contributed by atoms with Crippen molar-refractivity contribution in [3.63, 3.8) is 0 Å². The lowest BCUT2D eigenvalue weighted by Crippen LogP contribution is -2.41. The van der Waals surface area contributed by atoms with Crippen LogP contribution >= 0.6 is 11.8 Å². The third-order valence-electron chi connectivity index (χ3n) is 1.77. The van der Waals surface area contributed by atoms with Crippen LogP contribution in [0.3, 0.4) is 0 Å². The van der Waals surface area contributed by atoms with Gasteiger partial charge in [-0.2, -0.15) is 0 Å². The Bertz CT molecular complexity index is 172. The van der Waals surface area contributed by atoms with Crippen LogP contribution in [0.2, 0.25) is 0 Å². The van der Waals surface area contributed by atoms with Gasteiger partial charge in [-0.15, -0.1) is 0 Å². The molecule has 1 unspecified atom stereocenters. The summed E-state index contributed by atoms with van der Waals surface area (Å²) in [5.74, 6) is 0.942. The quantitative estimate of drug-likeness (QED) is 0.728. The molecule has 0 amide bonds. The smallest absolute Gasteiger partial charge is 0.127 e. The number of hydrogen-bond donors (Lipinski definition) is 1. The number of hydrogen-bond acceptors (Lipinski definition) is 4. The Morgan fingerprint density at radius 2 is 2.58 bits per heavy atom. The van der Waals surface area contributed by atoms with Crippen LogP contribution in [0, 0.1) is 0 Å². The van der Waals surface area contributed by atoms with Gasteiger partial charge in [-0.1, -0.05) is 11.8 Å². The molecule has 1 aliphatic rings. The van der Waals surface area contributed by atoms with Crippen molar-refractivity contribution in [3.8, 4) is 0 Å². The van der Waals surface area contributed by atoms with Crippen LogP contribution in [0.25, 0.3) is 0 Å². The molecule has 0 bridgehead atoms. The minimum absolute atomic E-state index is 0.145. The Morgan fingerprint density at radius 3 is 3.17 bits per heavy atom. The Kier molecular flexibility index (Phi) is 4.05. The Hall–Kier alpha value is -0.0600. The first-order chi connectivity index (χ1) is 5.74. The fourth-order valence-electron chi connectivity index (χ4n) is 1.14. The maximum atomic E-state index is 5.45. The first-order valence-corrected chi connectivity index (χ1v) is 5.24. The van der Waals surface area contributed by atoms with E-state index in [4.69, 9.17) is 4.74 Å². The molecule has 0 radical (unpaired) electrons. The van der Waals surface area contributed by atoms with Crippen molar-refractivity contribution >= 4 is 16.8 Å². The van der Waals surface area contributed by atoms with E-state index in [1.165, 1.54) is 0 Å². The second-order valence-corrected chi connectivity index (χ2v) is 3.91. The first kappa shape index (κ1) is 10.0. The predicted octanol–water partition coefficient (Wildman–Crippen LogP) is 1.45. The molecule has 0 aromatic carbocycles. The molecule has 3 nitrogen and oxygen atoms in total. The Balaban J connectivity index is 2.45. The summed E-state index contributed by atoms with van der Waals surface area (Å²) < 4.78 is 5.45. The largest absolute Gasteiger partial charge is 0.375 e. The molecule has 1 aliphatic heterocycles. The van der Waals surface area contributed by atoms with E-state index < -0.39 is 0 Å². The summed E-state index contributed by atoms with van der Waals surface area (Å²) in [7, 11) is 0. The van der Waals surface area contributed by atoms with E-state index in [1.54, 1.807) is 11.8 Å². The molecular weight excluding hydrogens is 172 g/mol. The van der Waals surface area contributed by atoms with Crippen molar-refractivity contribution < 1.29 is 4.74 Å². The highest BCUT2D eigenvalue weighted by Crippen LogP contribution is 2.12. The number of nitrogens with one attached hydrogen (secondary N) is 1. The molecule has 12 heavy (non-hydrogen) atoms. The molecule has 1 N–H and O–H groups in total. The molecular formula is C8H16N2OS. The molecule has 70 valence electrons. The van der Waals surface area contributed by atoms with Crippen LogP contribution in [-0.2, 0) is 4.74 Å². The third-order valence-corrected chi connectivity index (χ3v) is 2.60. The van der Waals surface area contributed by atoms with Gasteiger partial charge in [0.15, 0.2) is 0 Å². The highest BCUT2D eigenvalue weighted by atomic mass is 32.2. The summed E-state index contributed by atoms with van der Waals surface area (Å²) in [6.07, 6.45) is 0.317. The molecule has 0 aromatic rings. The Morgan fingerprint density at radius 1 is 1.83 bits per heavy atom. The number of rotatable bonds is 3. The maximum Gasteiger partial charge on any atom is 0.127 e. The van der Waals surface area contributed by atoms with Crippen molar-refractivity contribution in [3.05, 3.63) is 0 Å². The summed E-state index contributed by atoms with van der Waals surface area (Å²) in [5, 5.41) is 4.43. The molecule has 0 aliphatic carbocycles. The molecule has 2 atom stereocenters. The summed E-state index contributed by atoms with van der Waals surface area (Å²) in [4.78, 5) is 4.44. The van der Waals surface area contributed by atoms with Crippen LogP contribution < -0.4 is 5.32 Å². The minimum Gasteiger partial charge on any atom is -0.375 e. The van der Waals surface area contributed by atoms with E-state index in [0.717, 1.165) is 17.5 Å². The first-order valence-electron chi connectivity index (χ1n) is 4.26. The average molecular weight is 188 g/mol. The standard InChI is InChI=1S/C8H16N2OS/c1-4-11-6(2)8-9-5-12-7(3)10-8/h6,8-9H,4-5H2,1-3H3/t6-,8?/m1/s1. The number of aliphatic imine (C=N–C) groups is 1. The molecule has 0 saturated heterocycles. The van der Waals surface area contributed by atoms with Gasteiger partial charge in [-0.3, -0.25) is 10.3 Å². The molecule has 0 aromatic heterocycles. The van der Waals surface area contributed by atoms with E-state index >= 15 is 0 Å². The van der Waals surface area contributed by atoms with Gasteiger partial charge in [0.05, 0.1) is 11.1 Å². The zero-order valence-electron chi connectivity index (χ0n) is 7.83. The molecule has 1 rings (SSSR count). The van der Waals surface area contributed by atoms with Crippen molar-refractivity contribution in [2.24, 2.45) is 4.99 Å². The highest BCUT2D eigenvalue weighted by Gasteiger charge is 2.18. The normalized spacial score (nSPS) is 26.6. The van der Waals surface area contributed by atoms with Gasteiger partial charge in [0.2, 0.25) is 0 Å². The van der Waals surface area contributed by atoms with Crippen LogP contribution in [-0.4, -0.2) is 29.8 Å². The highest BCUT2D eigenvalue weighted by molar-refractivity contribution is 8.13. The van der Waals surface area contributed by atoms with E-state index in [2.05, 4.69) is 10.3 Å². The second kappa shape index (κ2) is 4.84. The van der Waals surface area contributed by atoms with Gasteiger partial charge in [0.1, 0.15) is 6.17 Å². The van der Waals surface area contributed by atoms with Crippen LogP contribution in [0.4, 0.5) is 0 Å². The van der Waals surface area contributed by atoms with E-state index in [1.807, 2.05) is 20.8 Å². The van der Waals surface area contributed by atoms with Crippen LogP contribution in [0.15, 0.2) is 4.99 Å². The van der Waals surface area contributed by atoms with Gasteiger partial charge < -0.3 is 4.74 Å². The molecule has 1 heterocycles. The second-order valence-electron chi connectivity index (χ2n) is 2.75. The van der Waals surface area contributed by atoms with E-state index in [9.17, 15) is 0 Å².